The third-order valence-electron chi connectivity index (χ3n) is 4.74. The summed E-state index contributed by atoms with van der Waals surface area (Å²) in [5.74, 6) is 0.448. The van der Waals surface area contributed by atoms with Crippen LogP contribution in [0.2, 0.25) is 0 Å². The lowest BCUT2D eigenvalue weighted by Gasteiger charge is -2.35. The molecule has 0 radical (unpaired) electrons. The van der Waals surface area contributed by atoms with Crippen LogP contribution in [0.3, 0.4) is 0 Å². The fourth-order valence-electron chi connectivity index (χ4n) is 3.24. The van der Waals surface area contributed by atoms with Gasteiger partial charge in [-0.05, 0) is 36.8 Å². The predicted molar refractivity (Wildman–Crippen MR) is 107 cm³/mol. The van der Waals surface area contributed by atoms with E-state index < -0.39 is 11.9 Å². The topological polar surface area (TPSA) is 80.2 Å². The first-order valence-electron chi connectivity index (χ1n) is 9.26. The van der Waals surface area contributed by atoms with Gasteiger partial charge in [-0.1, -0.05) is 12.1 Å². The molecule has 1 aromatic carbocycles. The fraction of sp³-hybridized carbons (Fsp3) is 0.238. The van der Waals surface area contributed by atoms with Crippen molar-refractivity contribution in [2.45, 2.75) is 13.0 Å². The van der Waals surface area contributed by atoms with E-state index in [1.54, 1.807) is 12.3 Å². The van der Waals surface area contributed by atoms with Crippen molar-refractivity contribution in [3.63, 3.8) is 0 Å². The number of morpholine rings is 1. The molecule has 2 aromatic heterocycles. The number of carbonyl (C=O) groups excluding carboxylic acids is 1. The Balaban J connectivity index is 1.56. The Morgan fingerprint density at radius 1 is 1.21 bits per heavy atom. The third-order valence-corrected chi connectivity index (χ3v) is 4.74. The molecule has 29 heavy (non-hydrogen) atoms. The largest absolute Gasteiger partial charge is 0.377 e. The average molecular weight is 393 g/mol. The molecule has 1 amide bonds. The minimum absolute atomic E-state index is 0.190. The number of hydrogen-bond acceptors (Lipinski definition) is 6. The average Bonchev–Trinajstić information content (AvgIpc) is 2.76. The minimum Gasteiger partial charge on any atom is -0.377 e. The first-order chi connectivity index (χ1) is 14.1. The molecule has 148 valence electrons. The molecule has 1 unspecified atom stereocenters. The molecule has 1 saturated heterocycles. The highest BCUT2D eigenvalue weighted by molar-refractivity contribution is 5.97. The quantitative estimate of drug-likeness (QED) is 0.734. The third kappa shape index (κ3) is 4.22. The van der Waals surface area contributed by atoms with Gasteiger partial charge in [0.1, 0.15) is 11.9 Å². The maximum Gasteiger partial charge on any atom is 0.249 e. The number of nitrogens with one attached hydrogen (secondary N) is 1. The second kappa shape index (κ2) is 8.32. The highest BCUT2D eigenvalue weighted by Gasteiger charge is 2.30. The smallest absolute Gasteiger partial charge is 0.249 e. The second-order valence-corrected chi connectivity index (χ2v) is 6.72. The predicted octanol–water partition coefficient (Wildman–Crippen LogP) is 2.83. The molecule has 0 spiro atoms. The van der Waals surface area contributed by atoms with Gasteiger partial charge in [0.05, 0.1) is 25.6 Å². The highest BCUT2D eigenvalue weighted by Crippen LogP contribution is 2.25. The number of ether oxygens (including phenoxy) is 1. The molecule has 8 heteroatoms. The van der Waals surface area contributed by atoms with E-state index in [4.69, 9.17) is 4.74 Å². The molecule has 3 aromatic rings. The Morgan fingerprint density at radius 3 is 2.79 bits per heavy atom. The molecule has 0 bridgehead atoms. The highest BCUT2D eigenvalue weighted by atomic mass is 19.1. The van der Waals surface area contributed by atoms with Gasteiger partial charge in [0.2, 0.25) is 5.91 Å². The summed E-state index contributed by atoms with van der Waals surface area (Å²) in [4.78, 5) is 27.4. The first-order valence-corrected chi connectivity index (χ1v) is 9.26. The number of anilines is 2. The first kappa shape index (κ1) is 18.9. The van der Waals surface area contributed by atoms with Crippen molar-refractivity contribution in [2.24, 2.45) is 0 Å². The van der Waals surface area contributed by atoms with Gasteiger partial charge in [-0.15, -0.1) is 0 Å². The van der Waals surface area contributed by atoms with Crippen LogP contribution in [0.4, 0.5) is 15.9 Å². The summed E-state index contributed by atoms with van der Waals surface area (Å²) in [6.07, 6.45) is 3.95. The van der Waals surface area contributed by atoms with Crippen molar-refractivity contribution in [3.05, 3.63) is 66.4 Å². The lowest BCUT2D eigenvalue weighted by molar-refractivity contribution is -0.119. The Morgan fingerprint density at radius 2 is 2.03 bits per heavy atom. The molecule has 0 saturated carbocycles. The van der Waals surface area contributed by atoms with Gasteiger partial charge in [-0.25, -0.2) is 19.3 Å². The molecule has 1 atom stereocenters. The van der Waals surface area contributed by atoms with Gasteiger partial charge in [0, 0.05) is 24.0 Å². The van der Waals surface area contributed by atoms with Crippen molar-refractivity contribution >= 4 is 17.4 Å². The van der Waals surface area contributed by atoms with Crippen LogP contribution in [0.15, 0.2) is 55.0 Å². The number of amides is 1. The molecule has 1 aliphatic rings. The van der Waals surface area contributed by atoms with Crippen molar-refractivity contribution in [1.82, 2.24) is 15.0 Å². The zero-order valence-electron chi connectivity index (χ0n) is 15.9. The van der Waals surface area contributed by atoms with E-state index in [1.807, 2.05) is 42.2 Å². The molecule has 0 aliphatic carbocycles. The van der Waals surface area contributed by atoms with Crippen LogP contribution in [0.1, 0.15) is 5.56 Å². The van der Waals surface area contributed by atoms with Crippen LogP contribution in [-0.2, 0) is 9.53 Å². The fourth-order valence-corrected chi connectivity index (χ4v) is 3.24. The number of pyridine rings is 1. The van der Waals surface area contributed by atoms with Gasteiger partial charge < -0.3 is 15.0 Å². The number of nitrogens with zero attached hydrogens (tertiary/aromatic N) is 4. The minimum atomic E-state index is -0.497. The molecular formula is C21H20FN5O2. The lowest BCUT2D eigenvalue weighted by Crippen LogP contribution is -2.52. The van der Waals surface area contributed by atoms with E-state index in [9.17, 15) is 9.18 Å². The number of carbonyl (C=O) groups is 1. The van der Waals surface area contributed by atoms with Crippen LogP contribution < -0.4 is 10.2 Å². The van der Waals surface area contributed by atoms with Gasteiger partial charge >= 0.3 is 0 Å². The van der Waals surface area contributed by atoms with E-state index in [2.05, 4.69) is 20.3 Å². The van der Waals surface area contributed by atoms with E-state index in [-0.39, 0.29) is 12.5 Å². The Kier molecular flexibility index (Phi) is 5.44. The summed E-state index contributed by atoms with van der Waals surface area (Å²) in [5.41, 5.74) is 2.25. The zero-order valence-corrected chi connectivity index (χ0v) is 15.9. The molecule has 3 heterocycles. The number of halogens is 1. The van der Waals surface area contributed by atoms with Gasteiger partial charge in [-0.2, -0.15) is 0 Å². The van der Waals surface area contributed by atoms with E-state index in [0.717, 1.165) is 29.3 Å². The molecule has 1 fully saturated rings. The Labute approximate surface area is 167 Å². The van der Waals surface area contributed by atoms with Gasteiger partial charge in [-0.3, -0.25) is 4.79 Å². The zero-order chi connectivity index (χ0) is 20.2. The molecular weight excluding hydrogens is 373 g/mol. The molecule has 1 N–H and O–H groups in total. The number of aromatic nitrogens is 3. The normalized spacial score (nSPS) is 16.5. The summed E-state index contributed by atoms with van der Waals surface area (Å²) in [6, 6.07) is 10.6. The van der Waals surface area contributed by atoms with E-state index in [1.165, 1.54) is 0 Å². The number of hydrogen-bond donors (Lipinski definition) is 1. The van der Waals surface area contributed by atoms with Crippen LogP contribution in [0, 0.1) is 12.7 Å². The Bertz CT molecular complexity index is 998. The summed E-state index contributed by atoms with van der Waals surface area (Å²) >= 11 is 0. The molecule has 1 aliphatic heterocycles. The number of aryl methyl sites for hydroxylation is 1. The van der Waals surface area contributed by atoms with Crippen LogP contribution in [0.25, 0.3) is 11.4 Å². The molecule has 7 nitrogen and oxygen atoms in total. The maximum atomic E-state index is 13.1. The van der Waals surface area contributed by atoms with Crippen LogP contribution in [-0.4, -0.2) is 46.7 Å². The van der Waals surface area contributed by atoms with Crippen molar-refractivity contribution < 1.29 is 13.9 Å². The van der Waals surface area contributed by atoms with Gasteiger partial charge in [0.15, 0.2) is 11.6 Å². The van der Waals surface area contributed by atoms with Crippen LogP contribution in [0.5, 0.6) is 0 Å². The Hall–Kier alpha value is -3.39. The maximum absolute atomic E-state index is 13.1. The van der Waals surface area contributed by atoms with Crippen LogP contribution >= 0.6 is 0 Å². The SMILES string of the molecule is Cc1ccc(NC(=O)C2COCCN2c2ccccn2)cc1-c1ncc(F)cn1. The monoisotopic (exact) mass is 393 g/mol. The van der Waals surface area contributed by atoms with Crippen molar-refractivity contribution in [2.75, 3.05) is 30.0 Å². The standard InChI is InChI=1S/C21H20FN5O2/c1-14-5-6-16(10-17(14)20-24-11-15(22)12-25-20)26-21(28)18-13-29-9-8-27(18)19-4-2-3-7-23-19/h2-7,10-12,18H,8-9,13H2,1H3,(H,26,28). The lowest BCUT2D eigenvalue weighted by atomic mass is 10.1. The van der Waals surface area contributed by atoms with Gasteiger partial charge in [0.25, 0.3) is 0 Å². The van der Waals surface area contributed by atoms with Crippen molar-refractivity contribution in [3.8, 4) is 11.4 Å². The molecule has 4 rings (SSSR count). The van der Waals surface area contributed by atoms with E-state index >= 15 is 0 Å². The number of benzene rings is 1. The van der Waals surface area contributed by atoms with E-state index in [0.29, 0.717) is 24.7 Å². The van der Waals surface area contributed by atoms with Crippen molar-refractivity contribution in [1.29, 1.82) is 0 Å². The summed E-state index contributed by atoms with van der Waals surface area (Å²) < 4.78 is 18.7. The number of rotatable bonds is 4. The second-order valence-electron chi connectivity index (χ2n) is 6.72. The summed E-state index contributed by atoms with van der Waals surface area (Å²) in [7, 11) is 0. The summed E-state index contributed by atoms with van der Waals surface area (Å²) in [6.45, 7) is 3.31. The summed E-state index contributed by atoms with van der Waals surface area (Å²) in [5, 5.41) is 2.94.